The zero-order chi connectivity index (χ0) is 31.7. The van der Waals surface area contributed by atoms with Crippen LogP contribution in [0, 0.1) is 17.1 Å². The number of nitrogens with zero attached hydrogens (tertiary/aromatic N) is 7. The number of aromatic nitrogens is 3. The van der Waals surface area contributed by atoms with Crippen LogP contribution < -0.4 is 9.64 Å². The monoisotopic (exact) mass is 617 g/mol. The Morgan fingerprint density at radius 2 is 2.04 bits per heavy atom. The van der Waals surface area contributed by atoms with Gasteiger partial charge in [0.05, 0.1) is 37.1 Å². The average molecular weight is 618 g/mol. The van der Waals surface area contributed by atoms with E-state index in [1.54, 1.807) is 11.1 Å². The van der Waals surface area contributed by atoms with E-state index < -0.39 is 23.6 Å². The molecule has 45 heavy (non-hydrogen) atoms. The molecular formula is C33H40FN7O4. The van der Waals surface area contributed by atoms with Gasteiger partial charge < -0.3 is 28.9 Å². The van der Waals surface area contributed by atoms with Gasteiger partial charge in [0.25, 0.3) is 0 Å². The molecule has 3 aliphatic heterocycles. The molecule has 1 aromatic carbocycles. The summed E-state index contributed by atoms with van der Waals surface area (Å²) in [5, 5.41) is 10.1. The topological polar surface area (TPSA) is 117 Å². The number of hydrogen-bond acceptors (Lipinski definition) is 10. The first-order chi connectivity index (χ1) is 21.6. The Morgan fingerprint density at radius 3 is 2.80 bits per heavy atom. The van der Waals surface area contributed by atoms with E-state index in [9.17, 15) is 10.1 Å². The lowest BCUT2D eigenvalue weighted by molar-refractivity contribution is 0.0145. The van der Waals surface area contributed by atoms with E-state index in [1.165, 1.54) is 0 Å². The number of carbonyl (C=O) groups excluding carboxylic acids is 1. The summed E-state index contributed by atoms with van der Waals surface area (Å²) in [6.07, 6.45) is 4.03. The molecule has 0 saturated carbocycles. The Labute approximate surface area is 262 Å². The fourth-order valence-corrected chi connectivity index (χ4v) is 6.41. The maximum absolute atomic E-state index is 16.6. The van der Waals surface area contributed by atoms with Crippen molar-refractivity contribution in [2.24, 2.45) is 0 Å². The first-order valence-corrected chi connectivity index (χ1v) is 15.6. The molecule has 238 valence electrons. The van der Waals surface area contributed by atoms with E-state index in [0.29, 0.717) is 57.1 Å². The number of hydrogen-bond donors (Lipinski definition) is 0. The molecule has 0 N–H and O–H groups in total. The van der Waals surface area contributed by atoms with E-state index in [-0.39, 0.29) is 29.7 Å². The van der Waals surface area contributed by atoms with Gasteiger partial charge in [0.1, 0.15) is 29.2 Å². The number of fused-ring (bicyclic) bond motifs is 2. The second-order valence-electron chi connectivity index (χ2n) is 13.0. The number of benzene rings is 1. The van der Waals surface area contributed by atoms with Crippen LogP contribution in [0.2, 0.25) is 0 Å². The third kappa shape index (κ3) is 6.51. The van der Waals surface area contributed by atoms with Crippen molar-refractivity contribution in [3.05, 3.63) is 41.3 Å². The Morgan fingerprint density at radius 1 is 1.20 bits per heavy atom. The molecule has 5 heterocycles. The van der Waals surface area contributed by atoms with Crippen molar-refractivity contribution < 1.29 is 23.4 Å². The summed E-state index contributed by atoms with van der Waals surface area (Å²) >= 11 is 0. The van der Waals surface area contributed by atoms with Crippen molar-refractivity contribution in [2.75, 3.05) is 51.3 Å². The van der Waals surface area contributed by atoms with E-state index >= 15 is 4.39 Å². The molecule has 2 fully saturated rings. The third-order valence-electron chi connectivity index (χ3n) is 8.74. The fraction of sp³-hybridized carbons (Fsp3) is 0.545. The van der Waals surface area contributed by atoms with Crippen LogP contribution in [-0.4, -0.2) is 95.0 Å². The lowest BCUT2D eigenvalue weighted by atomic mass is 9.94. The number of carbonyl (C=O) groups is 1. The predicted octanol–water partition coefficient (Wildman–Crippen LogP) is 4.72. The predicted molar refractivity (Wildman–Crippen MR) is 166 cm³/mol. The zero-order valence-electron chi connectivity index (χ0n) is 26.4. The Hall–Kier alpha value is -4.08. The molecule has 2 saturated heterocycles. The number of amides is 1. The number of piperazine rings is 1. The van der Waals surface area contributed by atoms with Crippen molar-refractivity contribution in [1.82, 2.24) is 24.8 Å². The molecule has 0 spiro atoms. The summed E-state index contributed by atoms with van der Waals surface area (Å²) in [6.45, 7) is 8.88. The van der Waals surface area contributed by atoms with Gasteiger partial charge in [-0.15, -0.1) is 0 Å². The number of nitriles is 1. The van der Waals surface area contributed by atoms with Crippen LogP contribution >= 0.6 is 0 Å². The minimum atomic E-state index is -0.667. The van der Waals surface area contributed by atoms with Crippen LogP contribution in [0.3, 0.4) is 0 Å². The Bertz CT molecular complexity index is 1620. The second-order valence-corrected chi connectivity index (χ2v) is 13.0. The summed E-state index contributed by atoms with van der Waals surface area (Å²) in [5.41, 5.74) is 2.47. The molecular weight excluding hydrogens is 577 g/mol. The fourth-order valence-electron chi connectivity index (χ4n) is 6.41. The van der Waals surface area contributed by atoms with Crippen molar-refractivity contribution in [2.45, 2.75) is 70.7 Å². The van der Waals surface area contributed by atoms with Gasteiger partial charge in [0.2, 0.25) is 0 Å². The normalized spacial score (nSPS) is 20.6. The summed E-state index contributed by atoms with van der Waals surface area (Å²) in [5.74, 6) is -0.0807. The molecule has 3 aromatic rings. The van der Waals surface area contributed by atoms with Crippen LogP contribution in [-0.2, 0) is 22.5 Å². The van der Waals surface area contributed by atoms with Gasteiger partial charge in [-0.2, -0.15) is 15.2 Å². The zero-order valence-corrected chi connectivity index (χ0v) is 26.4. The number of likely N-dealkylation sites (N-methyl/N-ethyl adjacent to an activating group) is 1. The summed E-state index contributed by atoms with van der Waals surface area (Å²) in [4.78, 5) is 32.8. The highest BCUT2D eigenvalue weighted by molar-refractivity contribution is 5.92. The minimum Gasteiger partial charge on any atom is -0.462 e. The second kappa shape index (κ2) is 12.7. The van der Waals surface area contributed by atoms with E-state index in [4.69, 9.17) is 19.2 Å². The molecule has 12 heteroatoms. The highest BCUT2D eigenvalue weighted by atomic mass is 19.1. The first kappa shape index (κ1) is 30.9. The highest BCUT2D eigenvalue weighted by Gasteiger charge is 2.35. The Kier molecular flexibility index (Phi) is 8.75. The number of halogens is 1. The molecule has 2 aromatic heterocycles. The third-order valence-corrected chi connectivity index (χ3v) is 8.74. The quantitative estimate of drug-likeness (QED) is 0.385. The SMILES string of the molecule is CN1CCC[C@H]1COc1nc(N2CCN(C(=O)OC(C)(C)C)C(CC#N)C2)c2cnc(-c3cccc4c3CCOC4)c(F)c2n1. The maximum atomic E-state index is 16.6. The highest BCUT2D eigenvalue weighted by Crippen LogP contribution is 2.36. The molecule has 2 atom stereocenters. The largest absolute Gasteiger partial charge is 0.462 e. The number of rotatable bonds is 6. The van der Waals surface area contributed by atoms with Gasteiger partial charge in [0.15, 0.2) is 5.82 Å². The molecule has 1 amide bonds. The number of pyridine rings is 1. The molecule has 0 radical (unpaired) electrons. The lowest BCUT2D eigenvalue weighted by Crippen LogP contribution is -2.56. The summed E-state index contributed by atoms with van der Waals surface area (Å²) in [7, 11) is 2.07. The van der Waals surface area contributed by atoms with Gasteiger partial charge in [-0.25, -0.2) is 9.18 Å². The van der Waals surface area contributed by atoms with Crippen LogP contribution in [0.4, 0.5) is 15.0 Å². The molecule has 1 unspecified atom stereocenters. The van der Waals surface area contributed by atoms with E-state index in [1.807, 2.05) is 43.9 Å². The molecule has 11 nitrogen and oxygen atoms in total. The lowest BCUT2D eigenvalue weighted by Gasteiger charge is -2.41. The van der Waals surface area contributed by atoms with Crippen molar-refractivity contribution in [1.29, 1.82) is 5.26 Å². The number of likely N-dealkylation sites (tertiary alicyclic amines) is 1. The van der Waals surface area contributed by atoms with Crippen LogP contribution in [0.25, 0.3) is 22.2 Å². The maximum Gasteiger partial charge on any atom is 0.410 e. The van der Waals surface area contributed by atoms with Crippen molar-refractivity contribution in [3.63, 3.8) is 0 Å². The number of anilines is 1. The van der Waals surface area contributed by atoms with Gasteiger partial charge >= 0.3 is 12.1 Å². The molecule has 3 aliphatic rings. The van der Waals surface area contributed by atoms with Gasteiger partial charge in [0, 0.05) is 37.4 Å². The minimum absolute atomic E-state index is 0.0868. The van der Waals surface area contributed by atoms with Gasteiger partial charge in [-0.1, -0.05) is 18.2 Å². The van der Waals surface area contributed by atoms with Crippen molar-refractivity contribution in [3.8, 4) is 23.3 Å². The van der Waals surface area contributed by atoms with Crippen LogP contribution in [0.5, 0.6) is 6.01 Å². The summed E-state index contributed by atoms with van der Waals surface area (Å²) in [6, 6.07) is 7.84. The van der Waals surface area contributed by atoms with E-state index in [0.717, 1.165) is 36.1 Å². The van der Waals surface area contributed by atoms with Crippen LogP contribution in [0.1, 0.15) is 51.2 Å². The van der Waals surface area contributed by atoms with Crippen molar-refractivity contribution >= 4 is 22.8 Å². The standard InChI is InChI=1S/C33H40FN7O4/c1-33(2,3)45-32(42)41-15-14-40(18-22(41)10-12-35)30-26-17-36-28(25-9-5-7-21-19-43-16-11-24(21)25)27(34)29(26)37-31(38-30)44-20-23-8-6-13-39(23)4/h5,7,9,17,22-23H,6,8,10-11,13-16,18-20H2,1-4H3/t22?,23-/m0/s1. The first-order valence-electron chi connectivity index (χ1n) is 15.6. The molecule has 6 rings (SSSR count). The van der Waals surface area contributed by atoms with Gasteiger partial charge in [-0.05, 0) is 64.8 Å². The van der Waals surface area contributed by atoms with Crippen LogP contribution in [0.15, 0.2) is 24.4 Å². The van der Waals surface area contributed by atoms with E-state index in [2.05, 4.69) is 28.0 Å². The molecule has 0 aliphatic carbocycles. The smallest absolute Gasteiger partial charge is 0.410 e. The average Bonchev–Trinajstić information content (AvgIpc) is 3.43. The summed E-state index contributed by atoms with van der Waals surface area (Å²) < 4.78 is 34.0. The Balaban J connectivity index is 1.39. The molecule has 0 bridgehead atoms. The van der Waals surface area contributed by atoms with Gasteiger partial charge in [-0.3, -0.25) is 4.98 Å². The number of ether oxygens (including phenoxy) is 3.